The first-order chi connectivity index (χ1) is 10.9. The highest BCUT2D eigenvalue weighted by Crippen LogP contribution is 2.37. The van der Waals surface area contributed by atoms with Gasteiger partial charge in [0.2, 0.25) is 11.8 Å². The van der Waals surface area contributed by atoms with Crippen molar-refractivity contribution in [2.75, 3.05) is 25.2 Å². The molecule has 5 nitrogen and oxygen atoms in total. The molecule has 1 fully saturated rings. The molecule has 0 saturated carbocycles. The third kappa shape index (κ3) is 3.55. The van der Waals surface area contributed by atoms with Gasteiger partial charge in [-0.25, -0.2) is 0 Å². The number of nitrogens with one attached hydrogen (secondary N) is 1. The van der Waals surface area contributed by atoms with E-state index in [2.05, 4.69) is 5.32 Å². The lowest BCUT2D eigenvalue weighted by Gasteiger charge is -2.35. The molecule has 1 aromatic carbocycles. The molecule has 0 bridgehead atoms. The van der Waals surface area contributed by atoms with E-state index in [9.17, 15) is 9.59 Å². The van der Waals surface area contributed by atoms with Crippen molar-refractivity contribution >= 4 is 17.5 Å². The van der Waals surface area contributed by atoms with Gasteiger partial charge in [-0.1, -0.05) is 17.7 Å². The zero-order valence-corrected chi connectivity index (χ0v) is 14.4. The fourth-order valence-corrected chi connectivity index (χ4v) is 3.13. The number of hydrogen-bond donors (Lipinski definition) is 1. The van der Waals surface area contributed by atoms with Crippen LogP contribution in [0.4, 0.5) is 5.69 Å². The molecule has 2 amide bonds. The fourth-order valence-electron chi connectivity index (χ4n) is 3.13. The zero-order chi connectivity index (χ0) is 17.0. The first kappa shape index (κ1) is 17.5. The summed E-state index contributed by atoms with van der Waals surface area (Å²) < 4.78 is 4.99. The number of ether oxygens (including phenoxy) is 1. The maximum atomic E-state index is 12.7. The van der Waals surface area contributed by atoms with Crippen molar-refractivity contribution in [2.24, 2.45) is 0 Å². The number of carbonyl (C=O) groups is 2. The minimum atomic E-state index is -0.829. The maximum Gasteiger partial charge on any atom is 0.246 e. The van der Waals surface area contributed by atoms with Crippen LogP contribution in [0.1, 0.15) is 37.3 Å². The van der Waals surface area contributed by atoms with E-state index in [1.165, 1.54) is 0 Å². The number of amides is 2. The van der Waals surface area contributed by atoms with Crippen LogP contribution < -0.4 is 10.2 Å². The molecule has 1 aliphatic rings. The molecule has 1 saturated heterocycles. The highest BCUT2D eigenvalue weighted by molar-refractivity contribution is 6.06. The molecule has 0 unspecified atom stereocenters. The van der Waals surface area contributed by atoms with Crippen molar-refractivity contribution in [3.8, 4) is 0 Å². The molecule has 2 rings (SSSR count). The van der Waals surface area contributed by atoms with Crippen LogP contribution in [0.3, 0.4) is 0 Å². The van der Waals surface area contributed by atoms with Gasteiger partial charge in [-0.15, -0.1) is 0 Å². The minimum Gasteiger partial charge on any atom is -0.385 e. The Morgan fingerprint density at radius 3 is 2.78 bits per heavy atom. The summed E-state index contributed by atoms with van der Waals surface area (Å²) >= 11 is 0. The number of methoxy groups -OCH3 is 1. The van der Waals surface area contributed by atoms with Crippen LogP contribution >= 0.6 is 0 Å². The van der Waals surface area contributed by atoms with E-state index in [-0.39, 0.29) is 11.8 Å². The van der Waals surface area contributed by atoms with Crippen LogP contribution in [0.5, 0.6) is 0 Å². The Morgan fingerprint density at radius 1 is 1.39 bits per heavy atom. The molecule has 0 aliphatic carbocycles. The number of nitrogens with zero attached hydrogens (tertiary/aromatic N) is 1. The smallest absolute Gasteiger partial charge is 0.246 e. The summed E-state index contributed by atoms with van der Waals surface area (Å²) in [5.74, 6) is -0.0917. The topological polar surface area (TPSA) is 58.6 Å². The van der Waals surface area contributed by atoms with Gasteiger partial charge in [0.05, 0.1) is 0 Å². The second-order valence-corrected chi connectivity index (χ2v) is 6.40. The molecule has 1 heterocycles. The van der Waals surface area contributed by atoms with E-state index in [1.54, 1.807) is 12.0 Å². The van der Waals surface area contributed by atoms with Crippen molar-refractivity contribution in [3.63, 3.8) is 0 Å². The normalized spacial score (nSPS) is 20.9. The van der Waals surface area contributed by atoms with Crippen LogP contribution in [-0.4, -0.2) is 37.6 Å². The van der Waals surface area contributed by atoms with Crippen LogP contribution in [0, 0.1) is 13.8 Å². The average Bonchev–Trinajstić information content (AvgIpc) is 2.81. The fraction of sp³-hybridized carbons (Fsp3) is 0.556. The summed E-state index contributed by atoms with van der Waals surface area (Å²) in [7, 11) is 1.64. The first-order valence-corrected chi connectivity index (χ1v) is 8.07. The van der Waals surface area contributed by atoms with Crippen molar-refractivity contribution in [3.05, 3.63) is 29.3 Å². The van der Waals surface area contributed by atoms with E-state index in [4.69, 9.17) is 4.74 Å². The monoisotopic (exact) mass is 318 g/mol. The van der Waals surface area contributed by atoms with E-state index in [1.807, 2.05) is 39.0 Å². The molecule has 0 radical (unpaired) electrons. The van der Waals surface area contributed by atoms with Crippen LogP contribution in [0.15, 0.2) is 18.2 Å². The summed E-state index contributed by atoms with van der Waals surface area (Å²) in [5.41, 5.74) is 2.15. The van der Waals surface area contributed by atoms with Crippen molar-refractivity contribution < 1.29 is 14.3 Å². The predicted molar refractivity (Wildman–Crippen MR) is 90.5 cm³/mol. The molecule has 1 N–H and O–H groups in total. The molecule has 0 spiro atoms. The molecule has 126 valence electrons. The summed E-state index contributed by atoms with van der Waals surface area (Å²) in [6.07, 6.45) is 1.69. The van der Waals surface area contributed by atoms with E-state index in [0.717, 1.165) is 23.2 Å². The lowest BCUT2D eigenvalue weighted by molar-refractivity contribution is -0.127. The number of carbonyl (C=O) groups excluding carboxylic acids is 2. The molecular weight excluding hydrogens is 292 g/mol. The lowest BCUT2D eigenvalue weighted by Crippen LogP contribution is -2.55. The molecule has 0 aromatic heterocycles. The van der Waals surface area contributed by atoms with Crippen molar-refractivity contribution in [2.45, 2.75) is 45.6 Å². The first-order valence-electron chi connectivity index (χ1n) is 8.07. The van der Waals surface area contributed by atoms with Crippen LogP contribution in [-0.2, 0) is 14.3 Å². The Kier molecular flexibility index (Phi) is 5.42. The van der Waals surface area contributed by atoms with Crippen molar-refractivity contribution in [1.82, 2.24) is 5.32 Å². The molecule has 5 heteroatoms. The van der Waals surface area contributed by atoms with Gasteiger partial charge >= 0.3 is 0 Å². The number of benzene rings is 1. The van der Waals surface area contributed by atoms with E-state index in [0.29, 0.717) is 26.0 Å². The maximum absolute atomic E-state index is 12.7. The van der Waals surface area contributed by atoms with E-state index >= 15 is 0 Å². The predicted octanol–water partition coefficient (Wildman–Crippen LogP) is 2.34. The largest absolute Gasteiger partial charge is 0.385 e. The van der Waals surface area contributed by atoms with Gasteiger partial charge in [-0.3, -0.25) is 14.5 Å². The Labute approximate surface area is 138 Å². The number of anilines is 1. The van der Waals surface area contributed by atoms with Crippen LogP contribution in [0.25, 0.3) is 0 Å². The van der Waals surface area contributed by atoms with Gasteiger partial charge in [0.15, 0.2) is 0 Å². The molecule has 1 aromatic rings. The third-order valence-electron chi connectivity index (χ3n) is 4.46. The quantitative estimate of drug-likeness (QED) is 0.819. The lowest BCUT2D eigenvalue weighted by atomic mass is 9.96. The SMILES string of the molecule is COCCCNC(=O)[C@@]1(C)CCC(=O)N1c1ccc(C)cc1C. The second-order valence-electron chi connectivity index (χ2n) is 6.40. The minimum absolute atomic E-state index is 0.00601. The van der Waals surface area contributed by atoms with Gasteiger partial charge in [0, 0.05) is 32.4 Å². The highest BCUT2D eigenvalue weighted by atomic mass is 16.5. The Balaban J connectivity index is 2.22. The third-order valence-corrected chi connectivity index (χ3v) is 4.46. The standard InChI is InChI=1S/C18H26N2O3/c1-13-6-7-15(14(2)12-13)20-16(21)8-9-18(20,3)17(22)19-10-5-11-23-4/h6-7,12H,5,8-11H2,1-4H3,(H,19,22)/t18-/m1/s1. The summed E-state index contributed by atoms with van der Waals surface area (Å²) in [6, 6.07) is 5.95. The molecular formula is C18H26N2O3. The summed E-state index contributed by atoms with van der Waals surface area (Å²) in [5, 5.41) is 2.94. The number of rotatable bonds is 6. The number of hydrogen-bond acceptors (Lipinski definition) is 3. The van der Waals surface area contributed by atoms with Gasteiger partial charge < -0.3 is 10.1 Å². The van der Waals surface area contributed by atoms with Gasteiger partial charge in [0.25, 0.3) is 0 Å². The Hall–Kier alpha value is -1.88. The molecule has 23 heavy (non-hydrogen) atoms. The Bertz CT molecular complexity index is 600. The summed E-state index contributed by atoms with van der Waals surface area (Å²) in [4.78, 5) is 26.8. The van der Waals surface area contributed by atoms with Crippen LogP contribution in [0.2, 0.25) is 0 Å². The molecule has 1 atom stereocenters. The zero-order valence-electron chi connectivity index (χ0n) is 14.4. The number of aryl methyl sites for hydroxylation is 2. The second kappa shape index (κ2) is 7.13. The molecule has 1 aliphatic heterocycles. The summed E-state index contributed by atoms with van der Waals surface area (Å²) in [6.45, 7) is 7.01. The van der Waals surface area contributed by atoms with Gasteiger partial charge in [0.1, 0.15) is 5.54 Å². The van der Waals surface area contributed by atoms with E-state index < -0.39 is 5.54 Å². The Morgan fingerprint density at radius 2 is 2.13 bits per heavy atom. The van der Waals surface area contributed by atoms with Gasteiger partial charge in [-0.2, -0.15) is 0 Å². The highest BCUT2D eigenvalue weighted by Gasteiger charge is 2.48. The van der Waals surface area contributed by atoms with Crippen molar-refractivity contribution in [1.29, 1.82) is 0 Å². The van der Waals surface area contributed by atoms with Gasteiger partial charge in [-0.05, 0) is 45.2 Å². The average molecular weight is 318 g/mol.